The lowest BCUT2D eigenvalue weighted by molar-refractivity contribution is -0.117. The first-order valence-electron chi connectivity index (χ1n) is 12.1. The monoisotopic (exact) mass is 470 g/mol. The van der Waals surface area contributed by atoms with Crippen LogP contribution in [0.15, 0.2) is 48.9 Å². The number of carbonyl (C=O) groups is 2. The number of aromatic nitrogens is 3. The van der Waals surface area contributed by atoms with E-state index in [9.17, 15) is 9.59 Å². The lowest BCUT2D eigenvalue weighted by atomic mass is 10.0. The summed E-state index contributed by atoms with van der Waals surface area (Å²) < 4.78 is 0. The van der Waals surface area contributed by atoms with Gasteiger partial charge in [-0.15, -0.1) is 0 Å². The van der Waals surface area contributed by atoms with Crippen molar-refractivity contribution in [2.45, 2.75) is 46.1 Å². The van der Waals surface area contributed by atoms with Crippen LogP contribution in [0.25, 0.3) is 0 Å². The molecular weight excluding hydrogens is 440 g/mol. The van der Waals surface area contributed by atoms with Crippen molar-refractivity contribution in [3.8, 4) is 0 Å². The molecule has 0 spiro atoms. The van der Waals surface area contributed by atoms with E-state index in [4.69, 9.17) is 0 Å². The lowest BCUT2D eigenvalue weighted by Crippen LogP contribution is -2.47. The quantitative estimate of drug-likeness (QED) is 0.578. The van der Waals surface area contributed by atoms with Gasteiger partial charge in [0.15, 0.2) is 0 Å². The number of amides is 2. The third-order valence-electron chi connectivity index (χ3n) is 6.98. The maximum atomic E-state index is 13.3. The molecule has 0 aliphatic carbocycles. The van der Waals surface area contributed by atoms with Crippen LogP contribution < -0.4 is 14.7 Å². The van der Waals surface area contributed by atoms with E-state index in [2.05, 4.69) is 32.8 Å². The number of benzene rings is 1. The number of hydrogen-bond acceptors (Lipinski definition) is 6. The molecular formula is C27H30N6O2. The number of pyridine rings is 1. The van der Waals surface area contributed by atoms with E-state index in [-0.39, 0.29) is 17.9 Å². The van der Waals surface area contributed by atoms with Gasteiger partial charge in [-0.2, -0.15) is 0 Å². The van der Waals surface area contributed by atoms with Crippen molar-refractivity contribution in [2.75, 3.05) is 34.3 Å². The Morgan fingerprint density at radius 1 is 1.00 bits per heavy atom. The zero-order chi connectivity index (χ0) is 24.5. The SMILES string of the molecule is CC(=O)N(c1cccnc1C)C1CCN(c2cc(C(=O)N3CCc4cc(C)ccc43)ncn2)CC1. The first-order chi connectivity index (χ1) is 16.9. The predicted octanol–water partition coefficient (Wildman–Crippen LogP) is 3.71. The lowest BCUT2D eigenvalue weighted by Gasteiger charge is -2.39. The summed E-state index contributed by atoms with van der Waals surface area (Å²) in [7, 11) is 0. The number of carbonyl (C=O) groups excluding carboxylic acids is 2. The van der Waals surface area contributed by atoms with Crippen LogP contribution in [0, 0.1) is 13.8 Å². The highest BCUT2D eigenvalue weighted by molar-refractivity contribution is 6.06. The van der Waals surface area contributed by atoms with Gasteiger partial charge < -0.3 is 14.7 Å². The Hall–Kier alpha value is -3.81. The third-order valence-corrected chi connectivity index (χ3v) is 6.98. The van der Waals surface area contributed by atoms with Gasteiger partial charge in [-0.3, -0.25) is 14.6 Å². The zero-order valence-electron chi connectivity index (χ0n) is 20.4. The van der Waals surface area contributed by atoms with E-state index in [1.807, 2.05) is 41.0 Å². The van der Waals surface area contributed by atoms with Crippen LogP contribution in [0.4, 0.5) is 17.2 Å². The van der Waals surface area contributed by atoms with Crippen molar-refractivity contribution < 1.29 is 9.59 Å². The fourth-order valence-electron chi connectivity index (χ4n) is 5.22. The maximum absolute atomic E-state index is 13.3. The molecule has 2 aromatic heterocycles. The van der Waals surface area contributed by atoms with Gasteiger partial charge in [0.1, 0.15) is 17.8 Å². The summed E-state index contributed by atoms with van der Waals surface area (Å²) in [4.78, 5) is 44.8. The second-order valence-electron chi connectivity index (χ2n) is 9.32. The Morgan fingerprint density at radius 3 is 2.54 bits per heavy atom. The average molecular weight is 471 g/mol. The van der Waals surface area contributed by atoms with Gasteiger partial charge in [0.2, 0.25) is 5.91 Å². The molecule has 8 heteroatoms. The Labute approximate surface area is 205 Å². The highest BCUT2D eigenvalue weighted by Crippen LogP contribution is 2.31. The Morgan fingerprint density at radius 2 is 1.80 bits per heavy atom. The number of rotatable bonds is 4. The van der Waals surface area contributed by atoms with Crippen LogP contribution in [0.2, 0.25) is 0 Å². The average Bonchev–Trinajstić information content (AvgIpc) is 3.28. The van der Waals surface area contributed by atoms with E-state index in [1.54, 1.807) is 19.2 Å². The van der Waals surface area contributed by atoms with Gasteiger partial charge in [0.25, 0.3) is 5.91 Å². The van der Waals surface area contributed by atoms with Crippen LogP contribution in [0.5, 0.6) is 0 Å². The summed E-state index contributed by atoms with van der Waals surface area (Å²) in [6.45, 7) is 7.75. The van der Waals surface area contributed by atoms with E-state index in [0.29, 0.717) is 12.2 Å². The molecule has 0 unspecified atom stereocenters. The molecule has 1 saturated heterocycles. The summed E-state index contributed by atoms with van der Waals surface area (Å²) in [5.41, 5.74) is 5.50. The standard InChI is InChI=1S/C27H30N6O2/c1-18-6-7-25-21(15-18)8-14-32(25)27(35)23-16-26(30-17-29-23)31-12-9-22(10-13-31)33(20(3)34)24-5-4-11-28-19(24)2/h4-7,11,15-17,22H,8-10,12-14H2,1-3H3. The van der Waals surface area contributed by atoms with Crippen LogP contribution in [0.3, 0.4) is 0 Å². The summed E-state index contributed by atoms with van der Waals surface area (Å²) >= 11 is 0. The highest BCUT2D eigenvalue weighted by atomic mass is 16.2. The van der Waals surface area contributed by atoms with E-state index in [1.165, 1.54) is 17.5 Å². The minimum atomic E-state index is -0.0963. The van der Waals surface area contributed by atoms with Crippen molar-refractivity contribution >= 4 is 29.0 Å². The van der Waals surface area contributed by atoms with Crippen molar-refractivity contribution in [1.82, 2.24) is 15.0 Å². The molecule has 0 atom stereocenters. The molecule has 4 heterocycles. The van der Waals surface area contributed by atoms with Crippen molar-refractivity contribution in [3.05, 3.63) is 71.4 Å². The number of piperidine rings is 1. The minimum Gasteiger partial charge on any atom is -0.356 e. The molecule has 180 valence electrons. The summed E-state index contributed by atoms with van der Waals surface area (Å²) in [6.07, 6.45) is 5.69. The van der Waals surface area contributed by atoms with E-state index >= 15 is 0 Å². The minimum absolute atomic E-state index is 0.0237. The molecule has 0 N–H and O–H groups in total. The largest absolute Gasteiger partial charge is 0.356 e. The summed E-state index contributed by atoms with van der Waals surface area (Å²) in [6, 6.07) is 11.9. The fraction of sp³-hybridized carbons (Fsp3) is 0.370. The van der Waals surface area contributed by atoms with Crippen molar-refractivity contribution in [3.63, 3.8) is 0 Å². The van der Waals surface area contributed by atoms with Gasteiger partial charge in [0.05, 0.1) is 11.4 Å². The van der Waals surface area contributed by atoms with E-state index < -0.39 is 0 Å². The second-order valence-corrected chi connectivity index (χ2v) is 9.32. The summed E-state index contributed by atoms with van der Waals surface area (Å²) in [5, 5.41) is 0. The number of hydrogen-bond donors (Lipinski definition) is 0. The third kappa shape index (κ3) is 4.48. The number of nitrogens with zero attached hydrogens (tertiary/aromatic N) is 6. The van der Waals surface area contributed by atoms with E-state index in [0.717, 1.165) is 55.2 Å². The smallest absolute Gasteiger partial charge is 0.277 e. The van der Waals surface area contributed by atoms with Crippen LogP contribution in [-0.2, 0) is 11.2 Å². The van der Waals surface area contributed by atoms with Gasteiger partial charge in [-0.05, 0) is 56.9 Å². The van der Waals surface area contributed by atoms with Crippen molar-refractivity contribution in [2.24, 2.45) is 0 Å². The normalized spacial score (nSPS) is 15.7. The number of aryl methyl sites for hydroxylation is 2. The molecule has 8 nitrogen and oxygen atoms in total. The molecule has 1 aromatic carbocycles. The Bertz CT molecular complexity index is 1270. The van der Waals surface area contributed by atoms with Crippen LogP contribution in [-0.4, -0.2) is 52.4 Å². The van der Waals surface area contributed by atoms with Gasteiger partial charge in [-0.25, -0.2) is 9.97 Å². The second kappa shape index (κ2) is 9.44. The van der Waals surface area contributed by atoms with Crippen molar-refractivity contribution in [1.29, 1.82) is 0 Å². The van der Waals surface area contributed by atoms with Gasteiger partial charge in [0, 0.05) is 50.6 Å². The molecule has 2 aliphatic rings. The van der Waals surface area contributed by atoms with Gasteiger partial charge in [-0.1, -0.05) is 17.7 Å². The molecule has 2 amide bonds. The summed E-state index contributed by atoms with van der Waals surface area (Å²) in [5.74, 6) is 0.675. The first-order valence-corrected chi connectivity index (χ1v) is 12.1. The topological polar surface area (TPSA) is 82.5 Å². The first kappa shape index (κ1) is 23.0. The van der Waals surface area contributed by atoms with Gasteiger partial charge >= 0.3 is 0 Å². The molecule has 5 rings (SSSR count). The molecule has 1 fully saturated rings. The maximum Gasteiger partial charge on any atom is 0.277 e. The number of anilines is 3. The molecule has 0 saturated carbocycles. The highest BCUT2D eigenvalue weighted by Gasteiger charge is 2.30. The van der Waals surface area contributed by atoms with Crippen LogP contribution in [0.1, 0.15) is 47.1 Å². The Balaban J connectivity index is 1.30. The Kier molecular flexibility index (Phi) is 6.19. The molecule has 35 heavy (non-hydrogen) atoms. The predicted molar refractivity (Wildman–Crippen MR) is 136 cm³/mol. The molecule has 2 aliphatic heterocycles. The molecule has 0 bridgehead atoms. The zero-order valence-corrected chi connectivity index (χ0v) is 20.4. The molecule has 0 radical (unpaired) electrons. The van der Waals surface area contributed by atoms with Crippen LogP contribution >= 0.6 is 0 Å². The molecule has 3 aromatic rings. The number of fused-ring (bicyclic) bond motifs is 1. The fourth-order valence-corrected chi connectivity index (χ4v) is 5.22.